The first-order chi connectivity index (χ1) is 11.5. The molecule has 2 aromatic carbocycles. The molecule has 6 nitrogen and oxygen atoms in total. The van der Waals surface area contributed by atoms with Gasteiger partial charge in [0.2, 0.25) is 0 Å². The van der Waals surface area contributed by atoms with E-state index in [1.165, 1.54) is 0 Å². The Balaban J connectivity index is 1.97. The van der Waals surface area contributed by atoms with E-state index < -0.39 is 10.0 Å². The highest BCUT2D eigenvalue weighted by atomic mass is 32.2. The van der Waals surface area contributed by atoms with Crippen LogP contribution in [0.2, 0.25) is 0 Å². The van der Waals surface area contributed by atoms with E-state index in [0.717, 1.165) is 5.56 Å². The number of aliphatic hydroxyl groups excluding tert-OH is 1. The molecule has 0 aliphatic heterocycles. The van der Waals surface area contributed by atoms with Crippen LogP contribution in [0, 0.1) is 6.92 Å². The average molecular weight is 343 g/mol. The maximum Gasteiger partial charge on any atom is 0.261 e. The van der Waals surface area contributed by atoms with Crippen molar-refractivity contribution in [1.82, 2.24) is 10.2 Å². The molecule has 0 amide bonds. The second kappa shape index (κ2) is 6.46. The molecule has 0 spiro atoms. The van der Waals surface area contributed by atoms with Gasteiger partial charge in [-0.1, -0.05) is 35.9 Å². The molecule has 0 atom stereocenters. The molecule has 24 heavy (non-hydrogen) atoms. The largest absolute Gasteiger partial charge is 0.390 e. The molecular formula is C17H17N3O3S. The lowest BCUT2D eigenvalue weighted by molar-refractivity contribution is 0.276. The molecule has 0 aliphatic carbocycles. The van der Waals surface area contributed by atoms with Gasteiger partial charge in [0.15, 0.2) is 0 Å². The van der Waals surface area contributed by atoms with Crippen molar-refractivity contribution in [3.8, 4) is 11.3 Å². The van der Waals surface area contributed by atoms with Gasteiger partial charge < -0.3 is 5.11 Å². The third-order valence-electron chi connectivity index (χ3n) is 3.58. The first kappa shape index (κ1) is 16.2. The van der Waals surface area contributed by atoms with Crippen LogP contribution in [-0.2, 0) is 16.6 Å². The monoisotopic (exact) mass is 343 g/mol. The number of aromatic nitrogens is 2. The predicted molar refractivity (Wildman–Crippen MR) is 91.9 cm³/mol. The summed E-state index contributed by atoms with van der Waals surface area (Å²) in [6.07, 6.45) is 0. The lowest BCUT2D eigenvalue weighted by atomic mass is 10.1. The van der Waals surface area contributed by atoms with E-state index in [2.05, 4.69) is 14.9 Å². The van der Waals surface area contributed by atoms with Crippen LogP contribution in [-0.4, -0.2) is 23.7 Å². The normalized spacial score (nSPS) is 11.4. The van der Waals surface area contributed by atoms with E-state index in [4.69, 9.17) is 5.11 Å². The molecule has 0 radical (unpaired) electrons. The van der Waals surface area contributed by atoms with Crippen LogP contribution in [0.1, 0.15) is 11.3 Å². The molecule has 0 saturated carbocycles. The molecule has 0 unspecified atom stereocenters. The maximum absolute atomic E-state index is 12.6. The van der Waals surface area contributed by atoms with Gasteiger partial charge in [-0.15, -0.1) is 0 Å². The Hall–Kier alpha value is -2.64. The molecule has 124 valence electrons. The number of aliphatic hydroxyl groups is 1. The van der Waals surface area contributed by atoms with Gasteiger partial charge in [-0.25, -0.2) is 8.42 Å². The van der Waals surface area contributed by atoms with Gasteiger partial charge in [0.05, 0.1) is 28.6 Å². The fraction of sp³-hybridized carbons (Fsp3) is 0.118. The van der Waals surface area contributed by atoms with Gasteiger partial charge in [0.1, 0.15) is 0 Å². The first-order valence-electron chi connectivity index (χ1n) is 7.33. The molecule has 3 rings (SSSR count). The molecule has 0 bridgehead atoms. The smallest absolute Gasteiger partial charge is 0.261 e. The van der Waals surface area contributed by atoms with Crippen LogP contribution in [0.25, 0.3) is 11.3 Å². The van der Waals surface area contributed by atoms with Crippen molar-refractivity contribution in [3.05, 3.63) is 65.9 Å². The summed E-state index contributed by atoms with van der Waals surface area (Å²) in [7, 11) is -3.70. The predicted octanol–water partition coefficient (Wildman–Crippen LogP) is 2.68. The third kappa shape index (κ3) is 3.32. The molecule has 7 heteroatoms. The molecule has 3 N–H and O–H groups in total. The number of hydrogen-bond donors (Lipinski definition) is 3. The topological polar surface area (TPSA) is 95.1 Å². The zero-order valence-corrected chi connectivity index (χ0v) is 13.8. The standard InChI is InChI=1S/C17H17N3O3S/c1-12-6-8-14(9-7-12)24(22,23)20-16-5-3-2-4-15(16)17-10-13(11-21)18-19-17/h2-10,20-21H,11H2,1H3,(H,18,19). The Morgan fingerprint density at radius 2 is 1.83 bits per heavy atom. The summed E-state index contributed by atoms with van der Waals surface area (Å²) in [6, 6.07) is 15.3. The number of nitrogens with one attached hydrogen (secondary N) is 2. The van der Waals surface area contributed by atoms with Crippen LogP contribution in [0.3, 0.4) is 0 Å². The number of aryl methyl sites for hydroxylation is 1. The van der Waals surface area contributed by atoms with E-state index in [9.17, 15) is 8.42 Å². The van der Waals surface area contributed by atoms with Crippen molar-refractivity contribution in [3.63, 3.8) is 0 Å². The SMILES string of the molecule is Cc1ccc(S(=O)(=O)Nc2ccccc2-c2cc(CO)[nH]n2)cc1. The summed E-state index contributed by atoms with van der Waals surface area (Å²) in [5, 5.41) is 16.0. The minimum absolute atomic E-state index is 0.162. The molecule has 1 aromatic heterocycles. The molecule has 3 aromatic rings. The summed E-state index contributed by atoms with van der Waals surface area (Å²) in [4.78, 5) is 0.195. The van der Waals surface area contributed by atoms with Crippen molar-refractivity contribution in [1.29, 1.82) is 0 Å². The number of aromatic amines is 1. The Bertz CT molecular complexity index is 947. The number of para-hydroxylation sites is 1. The summed E-state index contributed by atoms with van der Waals surface area (Å²) in [5.41, 5.74) is 3.16. The highest BCUT2D eigenvalue weighted by Gasteiger charge is 2.17. The Labute approximate surface area is 140 Å². The first-order valence-corrected chi connectivity index (χ1v) is 8.82. The van der Waals surface area contributed by atoms with Gasteiger partial charge in [0.25, 0.3) is 10.0 Å². The van der Waals surface area contributed by atoms with Crippen LogP contribution < -0.4 is 4.72 Å². The number of sulfonamides is 1. The fourth-order valence-electron chi connectivity index (χ4n) is 2.30. The van der Waals surface area contributed by atoms with Gasteiger partial charge in [-0.3, -0.25) is 9.82 Å². The second-order valence-electron chi connectivity index (χ2n) is 5.40. The summed E-state index contributed by atoms with van der Waals surface area (Å²) < 4.78 is 27.8. The molecule has 0 saturated heterocycles. The van der Waals surface area contributed by atoms with Crippen molar-refractivity contribution >= 4 is 15.7 Å². The Morgan fingerprint density at radius 1 is 1.12 bits per heavy atom. The van der Waals surface area contributed by atoms with Crippen molar-refractivity contribution in [2.75, 3.05) is 4.72 Å². The summed E-state index contributed by atoms with van der Waals surface area (Å²) >= 11 is 0. The number of H-pyrrole nitrogens is 1. The number of nitrogens with zero attached hydrogens (tertiary/aromatic N) is 1. The van der Waals surface area contributed by atoms with Crippen LogP contribution in [0.4, 0.5) is 5.69 Å². The van der Waals surface area contributed by atoms with Crippen LogP contribution in [0.5, 0.6) is 0 Å². The van der Waals surface area contributed by atoms with E-state index in [-0.39, 0.29) is 11.5 Å². The zero-order chi connectivity index (χ0) is 17.2. The number of benzene rings is 2. The second-order valence-corrected chi connectivity index (χ2v) is 7.08. The van der Waals surface area contributed by atoms with Gasteiger partial charge in [-0.2, -0.15) is 5.10 Å². The third-order valence-corrected chi connectivity index (χ3v) is 4.96. The zero-order valence-electron chi connectivity index (χ0n) is 13.0. The lowest BCUT2D eigenvalue weighted by Gasteiger charge is -2.11. The molecule has 0 aliphatic rings. The van der Waals surface area contributed by atoms with Gasteiger partial charge >= 0.3 is 0 Å². The minimum Gasteiger partial charge on any atom is -0.390 e. The highest BCUT2D eigenvalue weighted by molar-refractivity contribution is 7.92. The molecule has 1 heterocycles. The van der Waals surface area contributed by atoms with Crippen molar-refractivity contribution in [2.45, 2.75) is 18.4 Å². The number of hydrogen-bond acceptors (Lipinski definition) is 4. The van der Waals surface area contributed by atoms with Gasteiger partial charge in [0, 0.05) is 5.56 Å². The lowest BCUT2D eigenvalue weighted by Crippen LogP contribution is -2.13. The highest BCUT2D eigenvalue weighted by Crippen LogP contribution is 2.28. The maximum atomic E-state index is 12.6. The van der Waals surface area contributed by atoms with Crippen LogP contribution in [0.15, 0.2) is 59.5 Å². The summed E-state index contributed by atoms with van der Waals surface area (Å²) in [6.45, 7) is 1.74. The Kier molecular flexibility index (Phi) is 4.37. The van der Waals surface area contributed by atoms with E-state index in [1.54, 1.807) is 54.6 Å². The van der Waals surface area contributed by atoms with Crippen LogP contribution >= 0.6 is 0 Å². The number of anilines is 1. The van der Waals surface area contributed by atoms with E-state index in [0.29, 0.717) is 22.6 Å². The fourth-order valence-corrected chi connectivity index (χ4v) is 3.38. The Morgan fingerprint density at radius 3 is 2.50 bits per heavy atom. The average Bonchev–Trinajstić information content (AvgIpc) is 3.04. The van der Waals surface area contributed by atoms with Gasteiger partial charge in [-0.05, 0) is 31.2 Å². The van der Waals surface area contributed by atoms with E-state index in [1.807, 2.05) is 6.92 Å². The molecular weight excluding hydrogens is 326 g/mol. The summed E-state index contributed by atoms with van der Waals surface area (Å²) in [5.74, 6) is 0. The van der Waals surface area contributed by atoms with E-state index >= 15 is 0 Å². The quantitative estimate of drug-likeness (QED) is 0.664. The molecule has 0 fully saturated rings. The van der Waals surface area contributed by atoms with Crippen molar-refractivity contribution in [2.24, 2.45) is 0 Å². The van der Waals surface area contributed by atoms with Crippen molar-refractivity contribution < 1.29 is 13.5 Å². The number of rotatable bonds is 5. The minimum atomic E-state index is -3.70.